The fourth-order valence-electron chi connectivity index (χ4n) is 2.05. The highest BCUT2D eigenvalue weighted by Crippen LogP contribution is 2.25. The maximum absolute atomic E-state index is 11.9. The van der Waals surface area contributed by atoms with Gasteiger partial charge in [-0.15, -0.1) is 0 Å². The van der Waals surface area contributed by atoms with Crippen LogP contribution in [0.5, 0.6) is 0 Å². The van der Waals surface area contributed by atoms with Crippen LogP contribution in [0.4, 0.5) is 0 Å². The predicted molar refractivity (Wildman–Crippen MR) is 69.2 cm³/mol. The number of hydrogen-bond acceptors (Lipinski definition) is 4. The Labute approximate surface area is 113 Å². The van der Waals surface area contributed by atoms with Crippen LogP contribution >= 0.6 is 0 Å². The zero-order chi connectivity index (χ0) is 14.6. The van der Waals surface area contributed by atoms with Crippen molar-refractivity contribution in [1.82, 2.24) is 10.2 Å². The molecule has 0 bridgehead atoms. The van der Waals surface area contributed by atoms with Gasteiger partial charge in [0.25, 0.3) is 0 Å². The van der Waals surface area contributed by atoms with Gasteiger partial charge in [-0.1, -0.05) is 0 Å². The van der Waals surface area contributed by atoms with Crippen LogP contribution in [-0.2, 0) is 19.1 Å². The lowest BCUT2D eigenvalue weighted by molar-refractivity contribution is -0.143. The van der Waals surface area contributed by atoms with Crippen LogP contribution in [0.25, 0.3) is 0 Å². The molecule has 0 aliphatic carbocycles. The molecule has 6 heteroatoms. The molecule has 6 nitrogen and oxygen atoms in total. The van der Waals surface area contributed by atoms with E-state index in [1.165, 1.54) is 0 Å². The highest BCUT2D eigenvalue weighted by Gasteiger charge is 2.39. The van der Waals surface area contributed by atoms with Crippen molar-refractivity contribution in [1.29, 1.82) is 0 Å². The third-order valence-electron chi connectivity index (χ3n) is 3.02. The molecule has 19 heavy (non-hydrogen) atoms. The minimum absolute atomic E-state index is 0.0243. The second kappa shape index (κ2) is 6.04. The molecule has 1 aliphatic heterocycles. The number of nitrogens with zero attached hydrogens (tertiary/aromatic N) is 1. The number of carbonyl (C=O) groups excluding carboxylic acids is 3. The van der Waals surface area contributed by atoms with Crippen LogP contribution in [0.15, 0.2) is 0 Å². The van der Waals surface area contributed by atoms with E-state index in [1.807, 2.05) is 20.8 Å². The summed E-state index contributed by atoms with van der Waals surface area (Å²) in [6.07, 6.45) is 0.200. The van der Waals surface area contributed by atoms with E-state index in [0.717, 1.165) is 0 Å². The number of ether oxygens (including phenoxy) is 1. The second-order valence-electron chi connectivity index (χ2n) is 5.60. The van der Waals surface area contributed by atoms with Gasteiger partial charge in [-0.05, 0) is 27.7 Å². The zero-order valence-corrected chi connectivity index (χ0v) is 12.0. The minimum Gasteiger partial charge on any atom is -0.465 e. The van der Waals surface area contributed by atoms with Gasteiger partial charge in [-0.3, -0.25) is 14.4 Å². The molecule has 108 valence electrons. The molecule has 0 aromatic carbocycles. The molecule has 1 N–H and O–H groups in total. The Balaban J connectivity index is 2.48. The van der Waals surface area contributed by atoms with E-state index in [0.29, 0.717) is 6.54 Å². The molecule has 2 amide bonds. The van der Waals surface area contributed by atoms with Gasteiger partial charge in [-0.25, -0.2) is 0 Å². The van der Waals surface area contributed by atoms with Crippen LogP contribution in [0.1, 0.15) is 34.1 Å². The lowest BCUT2D eigenvalue weighted by Gasteiger charge is -2.31. The lowest BCUT2D eigenvalue weighted by Crippen LogP contribution is -2.43. The van der Waals surface area contributed by atoms with Crippen LogP contribution in [0.2, 0.25) is 0 Å². The third kappa shape index (κ3) is 4.22. The molecule has 1 fully saturated rings. The first-order chi connectivity index (χ1) is 8.75. The molecule has 0 aromatic heterocycles. The summed E-state index contributed by atoms with van der Waals surface area (Å²) in [5.41, 5.74) is -0.284. The maximum atomic E-state index is 11.9. The van der Waals surface area contributed by atoms with E-state index in [4.69, 9.17) is 4.74 Å². The number of carbonyl (C=O) groups is 3. The van der Waals surface area contributed by atoms with Gasteiger partial charge in [0.05, 0.1) is 12.5 Å². The average Bonchev–Trinajstić information content (AvgIpc) is 2.68. The van der Waals surface area contributed by atoms with E-state index in [9.17, 15) is 14.4 Å². The quantitative estimate of drug-likeness (QED) is 0.746. The van der Waals surface area contributed by atoms with E-state index < -0.39 is 5.97 Å². The number of hydrogen-bond donors (Lipinski definition) is 1. The van der Waals surface area contributed by atoms with Crippen molar-refractivity contribution in [2.75, 3.05) is 19.7 Å². The summed E-state index contributed by atoms with van der Waals surface area (Å²) < 4.78 is 4.72. The Hall–Kier alpha value is -1.59. The molecular formula is C13H22N2O4. The Morgan fingerprint density at radius 1 is 1.42 bits per heavy atom. The maximum Gasteiger partial charge on any atom is 0.325 e. The molecule has 1 rings (SSSR count). The second-order valence-corrected chi connectivity index (χ2v) is 5.60. The number of nitrogens with one attached hydrogen (secondary N) is 1. The highest BCUT2D eigenvalue weighted by molar-refractivity contribution is 5.91. The van der Waals surface area contributed by atoms with Crippen molar-refractivity contribution in [3.8, 4) is 0 Å². The summed E-state index contributed by atoms with van der Waals surface area (Å²) >= 11 is 0. The van der Waals surface area contributed by atoms with Gasteiger partial charge >= 0.3 is 5.97 Å². The fraction of sp³-hybridized carbons (Fsp3) is 0.769. The molecule has 0 saturated carbocycles. The summed E-state index contributed by atoms with van der Waals surface area (Å²) in [6.45, 7) is 8.05. The summed E-state index contributed by atoms with van der Waals surface area (Å²) in [7, 11) is 0. The summed E-state index contributed by atoms with van der Waals surface area (Å²) in [5.74, 6) is -1.15. The smallest absolute Gasteiger partial charge is 0.325 e. The Morgan fingerprint density at radius 3 is 2.53 bits per heavy atom. The topological polar surface area (TPSA) is 75.7 Å². The van der Waals surface area contributed by atoms with Crippen LogP contribution in [0, 0.1) is 5.92 Å². The molecular weight excluding hydrogens is 248 g/mol. The Kier molecular flexibility index (Phi) is 4.91. The monoisotopic (exact) mass is 270 g/mol. The summed E-state index contributed by atoms with van der Waals surface area (Å²) in [4.78, 5) is 36.5. The van der Waals surface area contributed by atoms with E-state index in [2.05, 4.69) is 5.32 Å². The molecule has 1 saturated heterocycles. The average molecular weight is 270 g/mol. The summed E-state index contributed by atoms with van der Waals surface area (Å²) in [5, 5.41) is 2.51. The predicted octanol–water partition coefficient (Wildman–Crippen LogP) is 0.313. The van der Waals surface area contributed by atoms with Crippen molar-refractivity contribution in [3.63, 3.8) is 0 Å². The first-order valence-corrected chi connectivity index (χ1v) is 6.49. The van der Waals surface area contributed by atoms with Gasteiger partial charge in [0.2, 0.25) is 11.8 Å². The number of rotatable bonds is 4. The van der Waals surface area contributed by atoms with Gasteiger partial charge < -0.3 is 15.0 Å². The third-order valence-corrected chi connectivity index (χ3v) is 3.02. The highest BCUT2D eigenvalue weighted by atomic mass is 16.5. The molecule has 1 atom stereocenters. The molecule has 0 radical (unpaired) electrons. The Bertz CT molecular complexity index is 373. The molecule has 0 unspecified atom stereocenters. The summed E-state index contributed by atoms with van der Waals surface area (Å²) in [6, 6.07) is 0. The van der Waals surface area contributed by atoms with Gasteiger partial charge in [0, 0.05) is 18.5 Å². The molecule has 1 heterocycles. The van der Waals surface area contributed by atoms with E-state index in [-0.39, 0.29) is 42.8 Å². The van der Waals surface area contributed by atoms with E-state index >= 15 is 0 Å². The molecule has 1 aliphatic rings. The van der Waals surface area contributed by atoms with Crippen molar-refractivity contribution < 1.29 is 19.1 Å². The van der Waals surface area contributed by atoms with Crippen LogP contribution in [0.3, 0.4) is 0 Å². The number of amides is 2. The Morgan fingerprint density at radius 2 is 2.05 bits per heavy atom. The van der Waals surface area contributed by atoms with Gasteiger partial charge in [-0.2, -0.15) is 0 Å². The number of esters is 1. The standard InChI is InChI=1S/C13H22N2O4/c1-5-19-11(17)7-14-12(18)9-6-10(16)15(8-9)13(2,3)4/h9H,5-8H2,1-4H3,(H,14,18)/t9-/m0/s1. The SMILES string of the molecule is CCOC(=O)CNC(=O)[C@H]1CC(=O)N(C(C)(C)C)C1. The van der Waals surface area contributed by atoms with Crippen LogP contribution in [-0.4, -0.2) is 47.9 Å². The number of likely N-dealkylation sites (tertiary alicyclic amines) is 1. The zero-order valence-electron chi connectivity index (χ0n) is 12.0. The normalized spacial score (nSPS) is 19.5. The van der Waals surface area contributed by atoms with E-state index in [1.54, 1.807) is 11.8 Å². The van der Waals surface area contributed by atoms with Gasteiger partial charge in [0.15, 0.2) is 0 Å². The first kappa shape index (κ1) is 15.5. The van der Waals surface area contributed by atoms with Crippen molar-refractivity contribution in [2.45, 2.75) is 39.7 Å². The first-order valence-electron chi connectivity index (χ1n) is 6.49. The lowest BCUT2D eigenvalue weighted by atomic mass is 10.1. The molecule has 0 spiro atoms. The van der Waals surface area contributed by atoms with Crippen LogP contribution < -0.4 is 5.32 Å². The minimum atomic E-state index is -0.465. The van der Waals surface area contributed by atoms with Crippen molar-refractivity contribution in [3.05, 3.63) is 0 Å². The fourth-order valence-corrected chi connectivity index (χ4v) is 2.05. The van der Waals surface area contributed by atoms with Crippen molar-refractivity contribution in [2.24, 2.45) is 5.92 Å². The van der Waals surface area contributed by atoms with Gasteiger partial charge in [0.1, 0.15) is 6.54 Å². The van der Waals surface area contributed by atoms with Crippen molar-refractivity contribution >= 4 is 17.8 Å². The molecule has 0 aromatic rings. The largest absolute Gasteiger partial charge is 0.465 e.